The highest BCUT2D eigenvalue weighted by molar-refractivity contribution is 6.33. The number of pyridine rings is 1. The number of carbonyl (C=O) groups excluding carboxylic acids is 2. The summed E-state index contributed by atoms with van der Waals surface area (Å²) in [7, 11) is 0. The van der Waals surface area contributed by atoms with Gasteiger partial charge in [-0.3, -0.25) is 4.79 Å². The van der Waals surface area contributed by atoms with E-state index in [0.29, 0.717) is 22.0 Å². The molecule has 0 unspecified atom stereocenters. The molecule has 0 bridgehead atoms. The van der Waals surface area contributed by atoms with Gasteiger partial charge < -0.3 is 14.5 Å². The Balaban J connectivity index is 1.66. The molecular weight excluding hydrogens is 391 g/mol. The number of aromatic nitrogens is 1. The average Bonchev–Trinajstić information content (AvgIpc) is 3.14. The summed E-state index contributed by atoms with van der Waals surface area (Å²) in [5, 5.41) is 3.18. The monoisotopic (exact) mass is 404 g/mol. The van der Waals surface area contributed by atoms with Crippen LogP contribution in [0.3, 0.4) is 0 Å². The van der Waals surface area contributed by atoms with Crippen molar-refractivity contribution in [3.05, 3.63) is 70.7 Å². The zero-order valence-electron chi connectivity index (χ0n) is 14.1. The van der Waals surface area contributed by atoms with Crippen molar-refractivity contribution >= 4 is 40.8 Å². The summed E-state index contributed by atoms with van der Waals surface area (Å²) < 4.78 is 10.7. The van der Waals surface area contributed by atoms with Gasteiger partial charge in [0.2, 0.25) is 5.76 Å². The first-order chi connectivity index (χ1) is 13.0. The van der Waals surface area contributed by atoms with Crippen LogP contribution in [0.1, 0.15) is 17.5 Å². The van der Waals surface area contributed by atoms with E-state index in [9.17, 15) is 9.59 Å². The van der Waals surface area contributed by atoms with Crippen molar-refractivity contribution in [1.82, 2.24) is 4.98 Å². The molecule has 27 heavy (non-hydrogen) atoms. The van der Waals surface area contributed by atoms with Gasteiger partial charge in [0.1, 0.15) is 5.76 Å². The first kappa shape index (κ1) is 18.9. The van der Waals surface area contributed by atoms with Crippen LogP contribution >= 0.6 is 23.2 Å². The van der Waals surface area contributed by atoms with Gasteiger partial charge in [-0.05, 0) is 43.3 Å². The zero-order valence-corrected chi connectivity index (χ0v) is 15.6. The van der Waals surface area contributed by atoms with Crippen LogP contribution < -0.4 is 5.32 Å². The summed E-state index contributed by atoms with van der Waals surface area (Å²) in [4.78, 5) is 28.3. The number of amides is 1. The minimum Gasteiger partial charge on any atom is -0.449 e. The summed E-state index contributed by atoms with van der Waals surface area (Å²) in [5.74, 6) is -0.930. The van der Waals surface area contributed by atoms with E-state index in [2.05, 4.69) is 10.3 Å². The van der Waals surface area contributed by atoms with Crippen molar-refractivity contribution in [1.29, 1.82) is 0 Å². The van der Waals surface area contributed by atoms with E-state index in [1.54, 1.807) is 42.5 Å². The molecule has 0 aliphatic rings. The predicted molar refractivity (Wildman–Crippen MR) is 102 cm³/mol. The Hall–Kier alpha value is -2.83. The topological polar surface area (TPSA) is 81.4 Å². The molecule has 1 N–H and O–H groups in total. The van der Waals surface area contributed by atoms with Gasteiger partial charge in [-0.25, -0.2) is 9.78 Å². The molecule has 3 rings (SSSR count). The first-order valence-corrected chi connectivity index (χ1v) is 8.68. The largest absolute Gasteiger partial charge is 0.449 e. The highest BCUT2D eigenvalue weighted by atomic mass is 35.5. The Labute approximate surface area is 165 Å². The molecule has 2 aromatic heterocycles. The molecule has 1 aromatic carbocycles. The maximum absolute atomic E-state index is 12.2. The van der Waals surface area contributed by atoms with Gasteiger partial charge in [0.25, 0.3) is 5.91 Å². The van der Waals surface area contributed by atoms with Gasteiger partial charge in [-0.1, -0.05) is 35.3 Å². The van der Waals surface area contributed by atoms with Crippen molar-refractivity contribution in [2.45, 2.75) is 13.0 Å². The normalized spacial score (nSPS) is 11.7. The van der Waals surface area contributed by atoms with Gasteiger partial charge in [-0.15, -0.1) is 0 Å². The fourth-order valence-electron chi connectivity index (χ4n) is 2.24. The third-order valence-corrected chi connectivity index (χ3v) is 4.25. The minimum absolute atomic E-state index is 0.0380. The molecule has 2 heterocycles. The van der Waals surface area contributed by atoms with E-state index >= 15 is 0 Å². The summed E-state index contributed by atoms with van der Waals surface area (Å²) >= 11 is 12.0. The molecule has 6 nitrogen and oxygen atoms in total. The van der Waals surface area contributed by atoms with Crippen molar-refractivity contribution in [2.75, 3.05) is 5.32 Å². The molecule has 3 aromatic rings. The standard InChI is InChI=1S/C19H14Cl2N2O4/c1-11(18(24)23-14-7-4-10-22-17(14)21)26-19(25)16-9-8-15(27-16)12-5-2-3-6-13(12)20/h2-11H,1H3,(H,23,24)/t11-/m1/s1. The lowest BCUT2D eigenvalue weighted by Gasteiger charge is -2.13. The molecule has 138 valence electrons. The van der Waals surface area contributed by atoms with Gasteiger partial charge in [0.15, 0.2) is 11.3 Å². The van der Waals surface area contributed by atoms with E-state index in [1.807, 2.05) is 0 Å². The van der Waals surface area contributed by atoms with E-state index in [0.717, 1.165) is 0 Å². The molecule has 0 saturated carbocycles. The third-order valence-electron chi connectivity index (χ3n) is 3.62. The predicted octanol–water partition coefficient (Wildman–Crippen LogP) is 4.83. The second-order valence-electron chi connectivity index (χ2n) is 5.52. The number of hydrogen-bond acceptors (Lipinski definition) is 5. The van der Waals surface area contributed by atoms with Gasteiger partial charge in [0, 0.05) is 11.8 Å². The minimum atomic E-state index is -1.07. The summed E-state index contributed by atoms with van der Waals surface area (Å²) in [6.45, 7) is 1.44. The number of halogens is 2. The van der Waals surface area contributed by atoms with Crippen LogP contribution in [0, 0.1) is 0 Å². The molecule has 0 aliphatic heterocycles. The lowest BCUT2D eigenvalue weighted by Crippen LogP contribution is -2.30. The van der Waals surface area contributed by atoms with Gasteiger partial charge in [-0.2, -0.15) is 0 Å². The van der Waals surface area contributed by atoms with Gasteiger partial charge in [0.05, 0.1) is 10.7 Å². The van der Waals surface area contributed by atoms with Gasteiger partial charge >= 0.3 is 5.97 Å². The number of nitrogens with zero attached hydrogens (tertiary/aromatic N) is 1. The molecule has 1 atom stereocenters. The Kier molecular flexibility index (Phi) is 5.78. The number of benzene rings is 1. The second-order valence-corrected chi connectivity index (χ2v) is 6.29. The average molecular weight is 405 g/mol. The quantitative estimate of drug-likeness (QED) is 0.486. The molecule has 8 heteroatoms. The molecule has 0 aliphatic carbocycles. The highest BCUT2D eigenvalue weighted by Crippen LogP contribution is 2.29. The van der Waals surface area contributed by atoms with Crippen LogP contribution in [0.2, 0.25) is 10.2 Å². The number of nitrogens with one attached hydrogen (secondary N) is 1. The van der Waals surface area contributed by atoms with Crippen molar-refractivity contribution in [3.8, 4) is 11.3 Å². The Morgan fingerprint density at radius 3 is 2.63 bits per heavy atom. The van der Waals surface area contributed by atoms with Crippen molar-refractivity contribution in [3.63, 3.8) is 0 Å². The SMILES string of the molecule is C[C@@H](OC(=O)c1ccc(-c2ccccc2Cl)o1)C(=O)Nc1cccnc1Cl. The number of esters is 1. The Morgan fingerprint density at radius 2 is 1.89 bits per heavy atom. The Bertz CT molecular complexity index is 987. The van der Waals surface area contributed by atoms with Crippen molar-refractivity contribution < 1.29 is 18.7 Å². The molecule has 0 radical (unpaired) electrons. The number of rotatable bonds is 5. The van der Waals surface area contributed by atoms with E-state index in [-0.39, 0.29) is 10.9 Å². The number of anilines is 1. The molecule has 0 spiro atoms. The van der Waals surface area contributed by atoms with Crippen molar-refractivity contribution in [2.24, 2.45) is 0 Å². The summed E-state index contributed by atoms with van der Waals surface area (Å²) in [5.41, 5.74) is 0.973. The van der Waals surface area contributed by atoms with Crippen LogP contribution in [0.4, 0.5) is 5.69 Å². The van der Waals surface area contributed by atoms with Crippen LogP contribution in [0.25, 0.3) is 11.3 Å². The van der Waals surface area contributed by atoms with E-state index in [4.69, 9.17) is 32.4 Å². The fourth-order valence-corrected chi connectivity index (χ4v) is 2.63. The summed E-state index contributed by atoms with van der Waals surface area (Å²) in [6.07, 6.45) is 0.428. The Morgan fingerprint density at radius 1 is 1.11 bits per heavy atom. The zero-order chi connectivity index (χ0) is 19.4. The molecule has 0 fully saturated rings. The number of carbonyl (C=O) groups is 2. The van der Waals surface area contributed by atoms with E-state index < -0.39 is 18.0 Å². The van der Waals surface area contributed by atoms with Crippen LogP contribution in [0.5, 0.6) is 0 Å². The van der Waals surface area contributed by atoms with Crippen LogP contribution in [-0.2, 0) is 9.53 Å². The third kappa shape index (κ3) is 4.48. The van der Waals surface area contributed by atoms with E-state index in [1.165, 1.54) is 19.2 Å². The van der Waals surface area contributed by atoms with Crippen LogP contribution in [0.15, 0.2) is 59.1 Å². The number of furan rings is 1. The lowest BCUT2D eigenvalue weighted by molar-refractivity contribution is -0.123. The second kappa shape index (κ2) is 8.24. The maximum Gasteiger partial charge on any atom is 0.375 e. The smallest absolute Gasteiger partial charge is 0.375 e. The number of ether oxygens (including phenoxy) is 1. The van der Waals surface area contributed by atoms with Crippen LogP contribution in [-0.4, -0.2) is 23.0 Å². The molecular formula is C19H14Cl2N2O4. The first-order valence-electron chi connectivity index (χ1n) is 7.93. The lowest BCUT2D eigenvalue weighted by atomic mass is 10.2. The highest BCUT2D eigenvalue weighted by Gasteiger charge is 2.22. The molecule has 1 amide bonds. The fraction of sp³-hybridized carbons (Fsp3) is 0.105. The summed E-state index contributed by atoms with van der Waals surface area (Å²) in [6, 6.07) is 13.4. The molecule has 0 saturated heterocycles. The number of hydrogen-bond donors (Lipinski definition) is 1. The maximum atomic E-state index is 12.2.